The topological polar surface area (TPSA) is 82.5 Å². The Morgan fingerprint density at radius 2 is 1.97 bits per heavy atom. The molecule has 0 saturated carbocycles. The summed E-state index contributed by atoms with van der Waals surface area (Å²) < 4.78 is 12.6. The van der Waals surface area contributed by atoms with Gasteiger partial charge in [0.1, 0.15) is 0 Å². The van der Waals surface area contributed by atoms with Crippen LogP contribution in [0.2, 0.25) is 5.02 Å². The van der Waals surface area contributed by atoms with Gasteiger partial charge in [0.15, 0.2) is 17.3 Å². The number of benzene rings is 2. The summed E-state index contributed by atoms with van der Waals surface area (Å²) in [6.07, 6.45) is 7.15. The average molecular weight is 454 g/mol. The summed E-state index contributed by atoms with van der Waals surface area (Å²) in [4.78, 5) is 28.9. The van der Waals surface area contributed by atoms with Crippen molar-refractivity contribution in [3.05, 3.63) is 76.8 Å². The van der Waals surface area contributed by atoms with Gasteiger partial charge in [-0.05, 0) is 54.5 Å². The number of rotatable bonds is 9. The van der Waals surface area contributed by atoms with Crippen molar-refractivity contribution in [2.75, 3.05) is 19.0 Å². The monoisotopic (exact) mass is 453 g/mol. The molecule has 0 unspecified atom stereocenters. The van der Waals surface area contributed by atoms with Crippen LogP contribution in [0.25, 0.3) is 6.08 Å². The number of carbonyl (C=O) groups excluding carboxylic acids is 2. The summed E-state index contributed by atoms with van der Waals surface area (Å²) in [6.45, 7) is 2.53. The first-order valence-electron chi connectivity index (χ1n) is 10.0. The first-order chi connectivity index (χ1) is 15.4. The van der Waals surface area contributed by atoms with Crippen LogP contribution in [-0.2, 0) is 11.8 Å². The van der Waals surface area contributed by atoms with Crippen molar-refractivity contribution in [2.24, 2.45) is 7.05 Å². The molecule has 0 bridgehead atoms. The highest BCUT2D eigenvalue weighted by Crippen LogP contribution is 2.36. The second kappa shape index (κ2) is 10.6. The molecule has 1 amide bonds. The van der Waals surface area contributed by atoms with Crippen LogP contribution in [0.3, 0.4) is 0 Å². The van der Waals surface area contributed by atoms with Gasteiger partial charge in [0.2, 0.25) is 11.7 Å². The quantitative estimate of drug-likeness (QED) is 0.373. The molecule has 2 aromatic carbocycles. The minimum Gasteiger partial charge on any atom is -0.493 e. The molecular weight excluding hydrogens is 430 g/mol. The van der Waals surface area contributed by atoms with Crippen LogP contribution in [-0.4, -0.2) is 35.0 Å². The molecule has 32 heavy (non-hydrogen) atoms. The summed E-state index contributed by atoms with van der Waals surface area (Å²) in [7, 11) is 3.29. The fourth-order valence-electron chi connectivity index (χ4n) is 2.95. The van der Waals surface area contributed by atoms with Crippen LogP contribution in [0, 0.1) is 0 Å². The van der Waals surface area contributed by atoms with Crippen LogP contribution >= 0.6 is 11.6 Å². The normalized spacial score (nSPS) is 10.9. The number of imidazole rings is 1. The Hall–Kier alpha value is -3.58. The second-order valence-electron chi connectivity index (χ2n) is 6.97. The summed E-state index contributed by atoms with van der Waals surface area (Å²) in [5.74, 6) is 0.823. The number of aryl methyl sites for hydroxylation is 1. The third-order valence-electron chi connectivity index (χ3n) is 4.57. The lowest BCUT2D eigenvalue weighted by atomic mass is 10.1. The van der Waals surface area contributed by atoms with Gasteiger partial charge in [-0.3, -0.25) is 9.59 Å². The number of carbonyl (C=O) groups is 2. The van der Waals surface area contributed by atoms with Crippen molar-refractivity contribution < 1.29 is 19.1 Å². The minimum atomic E-state index is -0.324. The Morgan fingerprint density at radius 1 is 1.22 bits per heavy atom. The second-order valence-corrected chi connectivity index (χ2v) is 7.38. The molecule has 0 radical (unpaired) electrons. The summed E-state index contributed by atoms with van der Waals surface area (Å²) >= 11 is 6.31. The van der Waals surface area contributed by atoms with Crippen molar-refractivity contribution in [1.29, 1.82) is 0 Å². The molecule has 0 atom stereocenters. The number of anilines is 1. The fraction of sp³-hybridized carbons (Fsp3) is 0.208. The van der Waals surface area contributed by atoms with Crippen LogP contribution in [0.5, 0.6) is 11.5 Å². The van der Waals surface area contributed by atoms with Gasteiger partial charge in [0.05, 0.1) is 18.7 Å². The smallest absolute Gasteiger partial charge is 0.248 e. The first-order valence-corrected chi connectivity index (χ1v) is 10.4. The van der Waals surface area contributed by atoms with Gasteiger partial charge >= 0.3 is 0 Å². The standard InChI is InChI=1S/C24H24ClN3O4/c1-4-13-32-23-19(25)14-16(15-20(23)31-3)5-10-21(29)27-18-8-6-17(7-9-18)22(30)24-26-11-12-28(24)2/h5-12,14-15H,4,13H2,1-3H3,(H,27,29). The van der Waals surface area contributed by atoms with Crippen LogP contribution < -0.4 is 14.8 Å². The van der Waals surface area contributed by atoms with Crippen LogP contribution in [0.4, 0.5) is 5.69 Å². The van der Waals surface area contributed by atoms with Gasteiger partial charge in [0.25, 0.3) is 0 Å². The fourth-order valence-corrected chi connectivity index (χ4v) is 3.23. The number of nitrogens with one attached hydrogen (secondary N) is 1. The molecule has 0 saturated heterocycles. The maximum atomic E-state index is 12.5. The zero-order valence-electron chi connectivity index (χ0n) is 18.1. The SMILES string of the molecule is CCCOc1c(Cl)cc(C=CC(=O)Nc2ccc(C(=O)c3nccn3C)cc2)cc1OC. The molecule has 0 spiro atoms. The maximum absolute atomic E-state index is 12.5. The van der Waals surface area contributed by atoms with E-state index in [2.05, 4.69) is 10.3 Å². The number of ketones is 1. The zero-order valence-corrected chi connectivity index (χ0v) is 18.8. The van der Waals surface area contributed by atoms with Crippen LogP contribution in [0.1, 0.15) is 35.1 Å². The Bertz CT molecular complexity index is 1140. The number of methoxy groups -OCH3 is 1. The molecule has 3 rings (SSSR count). The third kappa shape index (κ3) is 5.56. The van der Waals surface area contributed by atoms with E-state index in [-0.39, 0.29) is 11.7 Å². The lowest BCUT2D eigenvalue weighted by Crippen LogP contribution is -2.10. The van der Waals surface area contributed by atoms with E-state index in [0.717, 1.165) is 6.42 Å². The summed E-state index contributed by atoms with van der Waals surface area (Å²) in [6, 6.07) is 10.1. The van der Waals surface area contributed by atoms with Gasteiger partial charge in [-0.1, -0.05) is 18.5 Å². The molecule has 0 aliphatic heterocycles. The summed E-state index contributed by atoms with van der Waals surface area (Å²) in [5, 5.41) is 3.17. The molecule has 1 N–H and O–H groups in total. The predicted molar refractivity (Wildman–Crippen MR) is 125 cm³/mol. The van der Waals surface area contributed by atoms with E-state index >= 15 is 0 Å². The Morgan fingerprint density at radius 3 is 2.59 bits per heavy atom. The number of aromatic nitrogens is 2. The Labute approximate surface area is 191 Å². The summed E-state index contributed by atoms with van der Waals surface area (Å²) in [5.41, 5.74) is 1.75. The number of amides is 1. The molecule has 1 heterocycles. The molecular formula is C24H24ClN3O4. The third-order valence-corrected chi connectivity index (χ3v) is 4.85. The van der Waals surface area contributed by atoms with E-state index in [1.165, 1.54) is 13.2 Å². The first kappa shape index (κ1) is 23.1. The van der Waals surface area contributed by atoms with Gasteiger partial charge in [-0.15, -0.1) is 0 Å². The zero-order chi connectivity index (χ0) is 23.1. The molecule has 3 aromatic rings. The highest BCUT2D eigenvalue weighted by atomic mass is 35.5. The van der Waals surface area contributed by atoms with E-state index < -0.39 is 0 Å². The molecule has 0 fully saturated rings. The van der Waals surface area contributed by atoms with Crippen molar-refractivity contribution in [3.63, 3.8) is 0 Å². The lowest BCUT2D eigenvalue weighted by molar-refractivity contribution is -0.111. The molecule has 1 aromatic heterocycles. The predicted octanol–water partition coefficient (Wildman–Crippen LogP) is 4.75. The molecule has 0 aliphatic rings. The van der Waals surface area contributed by atoms with E-state index in [0.29, 0.717) is 45.8 Å². The van der Waals surface area contributed by atoms with E-state index in [9.17, 15) is 9.59 Å². The minimum absolute atomic E-state index is 0.188. The highest BCUT2D eigenvalue weighted by molar-refractivity contribution is 6.32. The lowest BCUT2D eigenvalue weighted by Gasteiger charge is -2.12. The van der Waals surface area contributed by atoms with Crippen molar-refractivity contribution in [1.82, 2.24) is 9.55 Å². The maximum Gasteiger partial charge on any atom is 0.248 e. The van der Waals surface area contributed by atoms with Crippen LogP contribution in [0.15, 0.2) is 54.9 Å². The largest absolute Gasteiger partial charge is 0.493 e. The van der Waals surface area contributed by atoms with Crippen molar-refractivity contribution in [2.45, 2.75) is 13.3 Å². The van der Waals surface area contributed by atoms with Gasteiger partial charge in [-0.2, -0.15) is 0 Å². The Kier molecular flexibility index (Phi) is 7.68. The van der Waals surface area contributed by atoms with Crippen molar-refractivity contribution in [3.8, 4) is 11.5 Å². The van der Waals surface area contributed by atoms with E-state index in [4.69, 9.17) is 21.1 Å². The molecule has 0 aliphatic carbocycles. The molecule has 7 nitrogen and oxygen atoms in total. The Balaban J connectivity index is 1.66. The number of ether oxygens (including phenoxy) is 2. The number of halogens is 1. The van der Waals surface area contributed by atoms with Gasteiger partial charge in [-0.25, -0.2) is 4.98 Å². The number of nitrogens with zero attached hydrogens (tertiary/aromatic N) is 2. The average Bonchev–Trinajstić information content (AvgIpc) is 3.22. The number of hydrogen-bond donors (Lipinski definition) is 1. The number of hydrogen-bond acceptors (Lipinski definition) is 5. The molecule has 166 valence electrons. The van der Waals surface area contributed by atoms with Gasteiger partial charge < -0.3 is 19.4 Å². The van der Waals surface area contributed by atoms with E-state index in [1.807, 2.05) is 6.92 Å². The van der Waals surface area contributed by atoms with E-state index in [1.54, 1.807) is 66.5 Å². The van der Waals surface area contributed by atoms with Crippen molar-refractivity contribution >= 4 is 35.1 Å². The van der Waals surface area contributed by atoms with Gasteiger partial charge in [0, 0.05) is 36.8 Å². The molecule has 8 heteroatoms. The highest BCUT2D eigenvalue weighted by Gasteiger charge is 2.14.